The highest BCUT2D eigenvalue weighted by molar-refractivity contribution is 5.42. The van der Waals surface area contributed by atoms with E-state index in [1.54, 1.807) is 0 Å². The highest BCUT2D eigenvalue weighted by atomic mass is 16.5. The van der Waals surface area contributed by atoms with E-state index in [0.717, 1.165) is 51.3 Å². The van der Waals surface area contributed by atoms with Crippen molar-refractivity contribution in [1.29, 1.82) is 0 Å². The molecule has 2 N–H and O–H groups in total. The predicted octanol–water partition coefficient (Wildman–Crippen LogP) is 1.46. The zero-order valence-electron chi connectivity index (χ0n) is 9.51. The second kappa shape index (κ2) is 4.34. The molecular formula is C13H18N2O. The summed E-state index contributed by atoms with van der Waals surface area (Å²) in [5.74, 6) is 1.06. The molecule has 0 aromatic heterocycles. The van der Waals surface area contributed by atoms with Crippen molar-refractivity contribution in [3.05, 3.63) is 34.8 Å². The average molecular weight is 218 g/mol. The van der Waals surface area contributed by atoms with Crippen molar-refractivity contribution >= 4 is 0 Å². The van der Waals surface area contributed by atoms with Gasteiger partial charge in [-0.05, 0) is 43.2 Å². The molecule has 0 saturated carbocycles. The Morgan fingerprint density at radius 2 is 1.94 bits per heavy atom. The summed E-state index contributed by atoms with van der Waals surface area (Å²) in [6.45, 7) is 3.91. The Kier molecular flexibility index (Phi) is 2.70. The van der Waals surface area contributed by atoms with Crippen LogP contribution in [0.25, 0.3) is 0 Å². The lowest BCUT2D eigenvalue weighted by molar-refractivity contribution is 0.202. The summed E-state index contributed by atoms with van der Waals surface area (Å²) in [6, 6.07) is 0. The minimum atomic E-state index is 0.788. The van der Waals surface area contributed by atoms with Crippen LogP contribution in [0.5, 0.6) is 0 Å². The van der Waals surface area contributed by atoms with Crippen LogP contribution in [0.4, 0.5) is 0 Å². The normalized spacial score (nSPS) is 25.0. The first-order chi connectivity index (χ1) is 7.93. The fourth-order valence-electron chi connectivity index (χ4n) is 2.51. The van der Waals surface area contributed by atoms with E-state index in [1.165, 1.54) is 16.8 Å². The van der Waals surface area contributed by atoms with Gasteiger partial charge in [0.05, 0.1) is 5.70 Å². The minimum absolute atomic E-state index is 0.788. The Bertz CT molecular complexity index is 379. The maximum absolute atomic E-state index is 5.74. The molecule has 0 atom stereocenters. The van der Waals surface area contributed by atoms with Gasteiger partial charge in [-0.25, -0.2) is 0 Å². The van der Waals surface area contributed by atoms with Gasteiger partial charge in [-0.15, -0.1) is 0 Å². The van der Waals surface area contributed by atoms with Crippen molar-refractivity contribution < 1.29 is 4.74 Å². The monoisotopic (exact) mass is 218 g/mol. The van der Waals surface area contributed by atoms with Gasteiger partial charge < -0.3 is 15.4 Å². The van der Waals surface area contributed by atoms with Gasteiger partial charge in [-0.3, -0.25) is 0 Å². The van der Waals surface area contributed by atoms with Crippen molar-refractivity contribution in [2.45, 2.75) is 19.3 Å². The van der Waals surface area contributed by atoms with Crippen LogP contribution >= 0.6 is 0 Å². The Morgan fingerprint density at radius 3 is 2.88 bits per heavy atom. The molecule has 0 spiro atoms. The molecule has 1 fully saturated rings. The highest BCUT2D eigenvalue weighted by Crippen LogP contribution is 2.28. The van der Waals surface area contributed by atoms with Gasteiger partial charge in [0.2, 0.25) is 0 Å². The SMILES string of the molecule is C1=C2CCNCCC2=CC2=C(C1)NCCO2. The lowest BCUT2D eigenvalue weighted by Gasteiger charge is -2.20. The van der Waals surface area contributed by atoms with E-state index in [-0.39, 0.29) is 0 Å². The first-order valence-electron chi connectivity index (χ1n) is 6.14. The number of fused-ring (bicyclic) bond motifs is 1. The molecule has 3 rings (SSSR count). The van der Waals surface area contributed by atoms with Gasteiger partial charge in [-0.2, -0.15) is 0 Å². The van der Waals surface area contributed by atoms with Crippen molar-refractivity contribution in [2.75, 3.05) is 26.2 Å². The van der Waals surface area contributed by atoms with Gasteiger partial charge in [0.1, 0.15) is 12.4 Å². The maximum Gasteiger partial charge on any atom is 0.138 e. The summed E-state index contributed by atoms with van der Waals surface area (Å²) in [6.07, 6.45) is 7.86. The number of allylic oxidation sites excluding steroid dienone is 2. The summed E-state index contributed by atoms with van der Waals surface area (Å²) in [4.78, 5) is 0. The molecule has 0 radical (unpaired) electrons. The van der Waals surface area contributed by atoms with E-state index in [4.69, 9.17) is 4.74 Å². The number of nitrogens with one attached hydrogen (secondary N) is 2. The zero-order valence-corrected chi connectivity index (χ0v) is 9.51. The molecule has 2 heterocycles. The third-order valence-corrected chi connectivity index (χ3v) is 3.41. The van der Waals surface area contributed by atoms with Crippen molar-refractivity contribution in [2.24, 2.45) is 0 Å². The van der Waals surface area contributed by atoms with E-state index in [2.05, 4.69) is 22.8 Å². The van der Waals surface area contributed by atoms with E-state index >= 15 is 0 Å². The Labute approximate surface area is 96.2 Å². The molecule has 3 aliphatic rings. The molecule has 0 aromatic carbocycles. The van der Waals surface area contributed by atoms with Crippen LogP contribution in [0, 0.1) is 0 Å². The Morgan fingerprint density at radius 1 is 1.06 bits per heavy atom. The van der Waals surface area contributed by atoms with Gasteiger partial charge in [0.15, 0.2) is 0 Å². The fourth-order valence-corrected chi connectivity index (χ4v) is 2.51. The molecule has 1 aliphatic carbocycles. The van der Waals surface area contributed by atoms with Crippen LogP contribution in [0.1, 0.15) is 19.3 Å². The quantitative estimate of drug-likeness (QED) is 0.646. The number of rotatable bonds is 0. The molecule has 86 valence electrons. The largest absolute Gasteiger partial charge is 0.490 e. The summed E-state index contributed by atoms with van der Waals surface area (Å²) in [7, 11) is 0. The van der Waals surface area contributed by atoms with E-state index in [9.17, 15) is 0 Å². The maximum atomic E-state index is 5.74. The van der Waals surface area contributed by atoms with Gasteiger partial charge >= 0.3 is 0 Å². The minimum Gasteiger partial charge on any atom is -0.490 e. The number of hydrogen-bond acceptors (Lipinski definition) is 3. The first-order valence-corrected chi connectivity index (χ1v) is 6.14. The van der Waals surface area contributed by atoms with Crippen molar-refractivity contribution in [3.8, 4) is 0 Å². The Hall–Kier alpha value is -1.22. The standard InChI is InChI=1S/C13H18N2O/c1-2-12-13(16-8-7-15-12)9-11-4-6-14-5-3-10(1)11/h1,9,14-15H,2-8H2. The summed E-state index contributed by atoms with van der Waals surface area (Å²) >= 11 is 0. The van der Waals surface area contributed by atoms with Crippen LogP contribution in [0.15, 0.2) is 34.8 Å². The fraction of sp³-hybridized carbons (Fsp3) is 0.538. The first kappa shape index (κ1) is 9.97. The third kappa shape index (κ3) is 1.87. The van der Waals surface area contributed by atoms with Crippen LogP contribution in [0.2, 0.25) is 0 Å². The lowest BCUT2D eigenvalue weighted by atomic mass is 10.0. The van der Waals surface area contributed by atoms with Crippen LogP contribution in [0.3, 0.4) is 0 Å². The highest BCUT2D eigenvalue weighted by Gasteiger charge is 2.18. The van der Waals surface area contributed by atoms with E-state index in [0.29, 0.717) is 0 Å². The summed E-state index contributed by atoms with van der Waals surface area (Å²) in [5.41, 5.74) is 4.22. The Balaban J connectivity index is 1.94. The second-order valence-corrected chi connectivity index (χ2v) is 4.47. The van der Waals surface area contributed by atoms with Gasteiger partial charge in [0, 0.05) is 13.0 Å². The molecule has 1 saturated heterocycles. The molecule has 0 amide bonds. The van der Waals surface area contributed by atoms with E-state index in [1.807, 2.05) is 0 Å². The second-order valence-electron chi connectivity index (χ2n) is 4.47. The summed E-state index contributed by atoms with van der Waals surface area (Å²) < 4.78 is 5.74. The third-order valence-electron chi connectivity index (χ3n) is 3.41. The lowest BCUT2D eigenvalue weighted by Crippen LogP contribution is -2.25. The zero-order chi connectivity index (χ0) is 10.8. The molecular weight excluding hydrogens is 200 g/mol. The molecule has 0 unspecified atom stereocenters. The molecule has 3 nitrogen and oxygen atoms in total. The average Bonchev–Trinajstić information content (AvgIpc) is 2.61. The molecule has 16 heavy (non-hydrogen) atoms. The smallest absolute Gasteiger partial charge is 0.138 e. The summed E-state index contributed by atoms with van der Waals surface area (Å²) in [5, 5.41) is 6.88. The molecule has 0 bridgehead atoms. The van der Waals surface area contributed by atoms with Crippen molar-refractivity contribution in [1.82, 2.24) is 10.6 Å². The number of ether oxygens (including phenoxy) is 1. The molecule has 3 heteroatoms. The van der Waals surface area contributed by atoms with Crippen LogP contribution < -0.4 is 10.6 Å². The van der Waals surface area contributed by atoms with Crippen LogP contribution in [-0.4, -0.2) is 26.2 Å². The van der Waals surface area contributed by atoms with Crippen LogP contribution in [-0.2, 0) is 4.74 Å². The predicted molar refractivity (Wildman–Crippen MR) is 63.9 cm³/mol. The van der Waals surface area contributed by atoms with Gasteiger partial charge in [0.25, 0.3) is 0 Å². The topological polar surface area (TPSA) is 33.3 Å². The number of hydrogen-bond donors (Lipinski definition) is 2. The van der Waals surface area contributed by atoms with Crippen molar-refractivity contribution in [3.63, 3.8) is 0 Å². The molecule has 0 aromatic rings. The molecule has 2 aliphatic heterocycles. The van der Waals surface area contributed by atoms with Gasteiger partial charge in [-0.1, -0.05) is 6.08 Å². The van der Waals surface area contributed by atoms with E-state index < -0.39 is 0 Å².